The van der Waals surface area contributed by atoms with Crippen molar-refractivity contribution in [2.45, 2.75) is 19.4 Å². The van der Waals surface area contributed by atoms with Crippen LogP contribution in [0.5, 0.6) is 11.5 Å². The first-order chi connectivity index (χ1) is 16.0. The normalized spacial score (nSPS) is 16.2. The van der Waals surface area contributed by atoms with Gasteiger partial charge in [0.15, 0.2) is 6.61 Å². The molecule has 2 aromatic carbocycles. The van der Waals surface area contributed by atoms with E-state index in [-0.39, 0.29) is 24.5 Å². The Morgan fingerprint density at radius 1 is 1.03 bits per heavy atom. The van der Waals surface area contributed by atoms with Crippen molar-refractivity contribution >= 4 is 23.2 Å². The monoisotopic (exact) mass is 465 g/mol. The molecule has 1 aliphatic heterocycles. The van der Waals surface area contributed by atoms with Crippen molar-refractivity contribution in [2.75, 3.05) is 33.4 Å². The van der Waals surface area contributed by atoms with Gasteiger partial charge in [0.1, 0.15) is 16.5 Å². The predicted molar refractivity (Wildman–Crippen MR) is 127 cm³/mol. The number of carbonyl (C=O) groups is 2. The van der Waals surface area contributed by atoms with E-state index in [0.717, 1.165) is 22.0 Å². The molecule has 1 saturated heterocycles. The zero-order valence-electron chi connectivity index (χ0n) is 18.8. The van der Waals surface area contributed by atoms with Crippen molar-refractivity contribution < 1.29 is 19.1 Å². The Kier molecular flexibility index (Phi) is 7.24. The molecule has 1 fully saturated rings. The van der Waals surface area contributed by atoms with Crippen LogP contribution >= 0.6 is 11.3 Å². The molecule has 0 aliphatic carbocycles. The molecule has 0 radical (unpaired) electrons. The zero-order valence-corrected chi connectivity index (χ0v) is 19.6. The molecular formula is C25H27N3O4S. The minimum atomic E-state index is -0.210. The summed E-state index contributed by atoms with van der Waals surface area (Å²) in [6.45, 7) is 3.03. The summed E-state index contributed by atoms with van der Waals surface area (Å²) in [6, 6.07) is 16.8. The lowest BCUT2D eigenvalue weighted by Crippen LogP contribution is -2.40. The van der Waals surface area contributed by atoms with Gasteiger partial charge in [-0.05, 0) is 42.8 Å². The summed E-state index contributed by atoms with van der Waals surface area (Å²) in [5.74, 6) is 1.34. The number of para-hydroxylation sites is 1. The highest BCUT2D eigenvalue weighted by Crippen LogP contribution is 2.33. The highest BCUT2D eigenvalue weighted by molar-refractivity contribution is 7.10. The lowest BCUT2D eigenvalue weighted by molar-refractivity contribution is -0.136. The van der Waals surface area contributed by atoms with Gasteiger partial charge in [-0.1, -0.05) is 18.2 Å². The second kappa shape index (κ2) is 10.5. The largest absolute Gasteiger partial charge is 0.497 e. The van der Waals surface area contributed by atoms with E-state index in [4.69, 9.17) is 14.5 Å². The zero-order chi connectivity index (χ0) is 23.2. The van der Waals surface area contributed by atoms with E-state index in [0.29, 0.717) is 31.8 Å². The fourth-order valence-corrected chi connectivity index (χ4v) is 4.85. The molecule has 4 rings (SSSR count). The number of aromatic nitrogens is 1. The van der Waals surface area contributed by atoms with Crippen molar-refractivity contribution in [1.82, 2.24) is 14.8 Å². The van der Waals surface area contributed by atoms with Crippen LogP contribution in [0.4, 0.5) is 0 Å². The summed E-state index contributed by atoms with van der Waals surface area (Å²) in [7, 11) is 1.64. The number of rotatable bonds is 6. The molecular weight excluding hydrogens is 438 g/mol. The molecule has 2 heterocycles. The molecule has 2 amide bonds. The molecule has 0 bridgehead atoms. The van der Waals surface area contributed by atoms with Gasteiger partial charge in [-0.2, -0.15) is 0 Å². The molecule has 8 heteroatoms. The maximum atomic E-state index is 13.2. The van der Waals surface area contributed by atoms with Crippen molar-refractivity contribution in [3.63, 3.8) is 0 Å². The van der Waals surface area contributed by atoms with E-state index in [9.17, 15) is 9.59 Å². The summed E-state index contributed by atoms with van der Waals surface area (Å²) in [5.41, 5.74) is 1.85. The summed E-state index contributed by atoms with van der Waals surface area (Å²) >= 11 is 1.53. The number of hydrogen-bond donors (Lipinski definition) is 0. The van der Waals surface area contributed by atoms with Crippen molar-refractivity contribution in [1.29, 1.82) is 0 Å². The van der Waals surface area contributed by atoms with E-state index >= 15 is 0 Å². The third-order valence-corrected chi connectivity index (χ3v) is 6.67. The highest BCUT2D eigenvalue weighted by Gasteiger charge is 2.32. The number of thiazole rings is 1. The molecule has 0 saturated carbocycles. The summed E-state index contributed by atoms with van der Waals surface area (Å²) in [4.78, 5) is 33.6. The minimum absolute atomic E-state index is 0.0154. The fourth-order valence-electron chi connectivity index (χ4n) is 3.88. The summed E-state index contributed by atoms with van der Waals surface area (Å²) < 4.78 is 11.0. The SMILES string of the molecule is COc1ccc(-c2csc(C3CCN(C(C)=O)CCN3C(=O)COc3ccccc3)n2)cc1. The number of ether oxygens (including phenoxy) is 2. The fraction of sp³-hybridized carbons (Fsp3) is 0.320. The van der Waals surface area contributed by atoms with Gasteiger partial charge in [0.05, 0.1) is 18.8 Å². The van der Waals surface area contributed by atoms with Crippen LogP contribution < -0.4 is 9.47 Å². The number of hydrogen-bond acceptors (Lipinski definition) is 6. The second-order valence-electron chi connectivity index (χ2n) is 7.80. The molecule has 1 aliphatic rings. The molecule has 1 unspecified atom stereocenters. The van der Waals surface area contributed by atoms with Crippen LogP contribution in [0.25, 0.3) is 11.3 Å². The van der Waals surface area contributed by atoms with E-state index in [1.807, 2.05) is 64.9 Å². The maximum absolute atomic E-state index is 13.2. The van der Waals surface area contributed by atoms with Crippen LogP contribution in [0.2, 0.25) is 0 Å². The van der Waals surface area contributed by atoms with E-state index in [2.05, 4.69) is 0 Å². The number of carbonyl (C=O) groups excluding carboxylic acids is 2. The Morgan fingerprint density at radius 3 is 2.48 bits per heavy atom. The molecule has 0 N–H and O–H groups in total. The number of methoxy groups -OCH3 is 1. The average molecular weight is 466 g/mol. The molecule has 1 aromatic heterocycles. The van der Waals surface area contributed by atoms with Gasteiger partial charge in [-0.3, -0.25) is 9.59 Å². The number of benzene rings is 2. The summed E-state index contributed by atoms with van der Waals surface area (Å²) in [5, 5.41) is 2.87. The summed E-state index contributed by atoms with van der Waals surface area (Å²) in [6.07, 6.45) is 0.631. The quantitative estimate of drug-likeness (QED) is 0.550. The third kappa shape index (κ3) is 5.51. The number of amides is 2. The van der Waals surface area contributed by atoms with Gasteiger partial charge in [-0.15, -0.1) is 11.3 Å². The first-order valence-corrected chi connectivity index (χ1v) is 11.8. The lowest BCUT2D eigenvalue weighted by atomic mass is 10.1. The van der Waals surface area contributed by atoms with Crippen molar-refractivity contribution in [3.05, 3.63) is 65.0 Å². The first-order valence-electron chi connectivity index (χ1n) is 10.9. The molecule has 0 spiro atoms. The van der Waals surface area contributed by atoms with Crippen LogP contribution in [0.1, 0.15) is 24.4 Å². The maximum Gasteiger partial charge on any atom is 0.261 e. The van der Waals surface area contributed by atoms with Gasteiger partial charge in [0.25, 0.3) is 5.91 Å². The van der Waals surface area contributed by atoms with Crippen molar-refractivity contribution in [2.24, 2.45) is 0 Å². The minimum Gasteiger partial charge on any atom is -0.497 e. The van der Waals surface area contributed by atoms with Crippen LogP contribution in [0, 0.1) is 0 Å². The van der Waals surface area contributed by atoms with E-state index < -0.39 is 0 Å². The van der Waals surface area contributed by atoms with E-state index in [1.54, 1.807) is 18.9 Å². The molecule has 172 valence electrons. The Labute approximate surface area is 197 Å². The Bertz CT molecular complexity index is 1080. The second-order valence-corrected chi connectivity index (χ2v) is 8.69. The standard InChI is InChI=1S/C25H27N3O4S/c1-18(29)27-13-12-23(25-26-22(17-33-25)19-8-10-20(31-2)11-9-19)28(15-14-27)24(30)16-32-21-6-4-3-5-7-21/h3-11,17,23H,12-16H2,1-2H3. The Hall–Kier alpha value is -3.39. The molecule has 33 heavy (non-hydrogen) atoms. The van der Waals surface area contributed by atoms with Gasteiger partial charge in [0.2, 0.25) is 5.91 Å². The molecule has 3 aromatic rings. The average Bonchev–Trinajstić information content (AvgIpc) is 3.22. The van der Waals surface area contributed by atoms with Gasteiger partial charge < -0.3 is 19.3 Å². The highest BCUT2D eigenvalue weighted by atomic mass is 32.1. The first kappa shape index (κ1) is 22.8. The number of nitrogens with zero attached hydrogens (tertiary/aromatic N) is 3. The topological polar surface area (TPSA) is 72.0 Å². The van der Waals surface area contributed by atoms with Gasteiger partial charge in [0, 0.05) is 37.5 Å². The predicted octanol–water partition coefficient (Wildman–Crippen LogP) is 4.02. The van der Waals surface area contributed by atoms with Gasteiger partial charge >= 0.3 is 0 Å². The van der Waals surface area contributed by atoms with E-state index in [1.165, 1.54) is 11.3 Å². The van der Waals surface area contributed by atoms with Crippen molar-refractivity contribution in [3.8, 4) is 22.8 Å². The van der Waals surface area contributed by atoms with Crippen LogP contribution in [0.3, 0.4) is 0 Å². The van der Waals surface area contributed by atoms with Gasteiger partial charge in [-0.25, -0.2) is 4.98 Å². The smallest absolute Gasteiger partial charge is 0.261 e. The van der Waals surface area contributed by atoms with Crippen LogP contribution in [-0.4, -0.2) is 59.9 Å². The third-order valence-electron chi connectivity index (χ3n) is 5.72. The Balaban J connectivity index is 1.55. The lowest BCUT2D eigenvalue weighted by Gasteiger charge is -2.28. The molecule has 7 nitrogen and oxygen atoms in total. The Morgan fingerprint density at radius 2 is 1.79 bits per heavy atom. The molecule has 1 atom stereocenters. The van der Waals surface area contributed by atoms with Crippen LogP contribution in [0.15, 0.2) is 60.0 Å². The van der Waals surface area contributed by atoms with Crippen LogP contribution in [-0.2, 0) is 9.59 Å².